The Hall–Kier alpha value is -1.83. The second kappa shape index (κ2) is 6.95. The van der Waals surface area contributed by atoms with Crippen molar-refractivity contribution in [3.05, 3.63) is 65.7 Å². The lowest BCUT2D eigenvalue weighted by Gasteiger charge is -2.13. The van der Waals surface area contributed by atoms with Crippen molar-refractivity contribution >= 4 is 10.0 Å². The molecule has 4 nitrogen and oxygen atoms in total. The molecule has 2 rings (SSSR count). The zero-order chi connectivity index (χ0) is 16.2. The molecule has 118 valence electrons. The molecular weight excluding hydrogens is 312 g/mol. The highest BCUT2D eigenvalue weighted by Gasteiger charge is 2.24. The number of hydrogen-bond donors (Lipinski definition) is 2. The van der Waals surface area contributed by atoms with Crippen molar-refractivity contribution in [1.29, 1.82) is 0 Å². The molecule has 0 aromatic heterocycles. The fourth-order valence-electron chi connectivity index (χ4n) is 1.98. The van der Waals surface area contributed by atoms with Crippen LogP contribution in [0.25, 0.3) is 0 Å². The lowest BCUT2D eigenvalue weighted by Crippen LogP contribution is -2.34. The van der Waals surface area contributed by atoms with Gasteiger partial charge < -0.3 is 5.11 Å². The van der Waals surface area contributed by atoms with Crippen LogP contribution in [0.2, 0.25) is 0 Å². The van der Waals surface area contributed by atoms with Crippen LogP contribution < -0.4 is 4.72 Å². The van der Waals surface area contributed by atoms with Crippen molar-refractivity contribution in [2.24, 2.45) is 0 Å². The molecule has 22 heavy (non-hydrogen) atoms. The molecule has 0 radical (unpaired) electrons. The zero-order valence-corrected chi connectivity index (χ0v) is 12.4. The molecule has 1 unspecified atom stereocenters. The van der Waals surface area contributed by atoms with Crippen LogP contribution in [0, 0.1) is 11.6 Å². The number of benzene rings is 2. The zero-order valence-electron chi connectivity index (χ0n) is 11.5. The molecule has 0 fully saturated rings. The van der Waals surface area contributed by atoms with Crippen LogP contribution in [0.15, 0.2) is 53.4 Å². The Morgan fingerprint density at radius 1 is 1.00 bits per heavy atom. The fourth-order valence-corrected chi connectivity index (χ4v) is 3.18. The number of halogens is 2. The van der Waals surface area contributed by atoms with E-state index in [9.17, 15) is 22.3 Å². The lowest BCUT2D eigenvalue weighted by atomic mass is 10.1. The lowest BCUT2D eigenvalue weighted by molar-refractivity contribution is 0.178. The number of aliphatic hydroxyl groups excluding tert-OH is 1. The molecule has 0 aliphatic rings. The minimum absolute atomic E-state index is 0.225. The molecule has 0 heterocycles. The van der Waals surface area contributed by atoms with Gasteiger partial charge in [-0.3, -0.25) is 0 Å². The number of aliphatic hydroxyl groups is 1. The Kier molecular flexibility index (Phi) is 5.23. The Morgan fingerprint density at radius 2 is 1.59 bits per heavy atom. The summed E-state index contributed by atoms with van der Waals surface area (Å²) in [5.74, 6) is -2.35. The molecule has 0 saturated carbocycles. The predicted octanol–water partition coefficient (Wildman–Crippen LogP) is 1.85. The Morgan fingerprint density at radius 3 is 2.18 bits per heavy atom. The Balaban J connectivity index is 2.04. The average Bonchev–Trinajstić information content (AvgIpc) is 2.46. The molecule has 7 heteroatoms. The SMILES string of the molecule is O=S(=O)(NCC(O)Cc1ccccc1)c1c(F)cccc1F. The van der Waals surface area contributed by atoms with Crippen LogP contribution in [-0.4, -0.2) is 26.2 Å². The van der Waals surface area contributed by atoms with E-state index < -0.39 is 32.7 Å². The number of sulfonamides is 1. The highest BCUT2D eigenvalue weighted by molar-refractivity contribution is 7.89. The molecule has 2 aromatic rings. The van der Waals surface area contributed by atoms with E-state index in [1.54, 1.807) is 24.3 Å². The molecule has 0 amide bonds. The van der Waals surface area contributed by atoms with E-state index in [4.69, 9.17) is 0 Å². The van der Waals surface area contributed by atoms with Gasteiger partial charge in [-0.05, 0) is 24.1 Å². The second-order valence-corrected chi connectivity index (χ2v) is 6.45. The summed E-state index contributed by atoms with van der Waals surface area (Å²) >= 11 is 0. The van der Waals surface area contributed by atoms with Crippen molar-refractivity contribution in [2.75, 3.05) is 6.54 Å². The van der Waals surface area contributed by atoms with E-state index in [-0.39, 0.29) is 13.0 Å². The summed E-state index contributed by atoms with van der Waals surface area (Å²) in [6.45, 7) is -0.342. The first-order valence-corrected chi connectivity index (χ1v) is 8.04. The summed E-state index contributed by atoms with van der Waals surface area (Å²) in [5, 5.41) is 9.84. The first kappa shape index (κ1) is 16.5. The highest BCUT2D eigenvalue weighted by atomic mass is 32.2. The summed E-state index contributed by atoms with van der Waals surface area (Å²) in [7, 11) is -4.37. The van der Waals surface area contributed by atoms with Crippen LogP contribution in [0.3, 0.4) is 0 Å². The van der Waals surface area contributed by atoms with Gasteiger partial charge in [-0.1, -0.05) is 36.4 Å². The largest absolute Gasteiger partial charge is 0.391 e. The third kappa shape index (κ3) is 4.09. The van der Waals surface area contributed by atoms with Gasteiger partial charge in [-0.2, -0.15) is 0 Å². The van der Waals surface area contributed by atoms with Crippen LogP contribution in [-0.2, 0) is 16.4 Å². The standard InChI is InChI=1S/C15H15F2NO3S/c16-13-7-4-8-14(17)15(13)22(20,21)18-10-12(19)9-11-5-2-1-3-6-11/h1-8,12,18-19H,9-10H2. The molecule has 2 aromatic carbocycles. The van der Waals surface area contributed by atoms with Crippen LogP contribution in [0.5, 0.6) is 0 Å². The second-order valence-electron chi connectivity index (χ2n) is 4.75. The van der Waals surface area contributed by atoms with Crippen LogP contribution >= 0.6 is 0 Å². The van der Waals surface area contributed by atoms with Crippen molar-refractivity contribution in [3.8, 4) is 0 Å². The van der Waals surface area contributed by atoms with Crippen LogP contribution in [0.4, 0.5) is 8.78 Å². The quantitative estimate of drug-likeness (QED) is 0.851. The van der Waals surface area contributed by atoms with Crippen molar-refractivity contribution in [2.45, 2.75) is 17.4 Å². The topological polar surface area (TPSA) is 66.4 Å². The molecule has 0 saturated heterocycles. The average molecular weight is 327 g/mol. The summed E-state index contributed by atoms with van der Waals surface area (Å²) in [4.78, 5) is -1.04. The third-order valence-electron chi connectivity index (χ3n) is 3.01. The summed E-state index contributed by atoms with van der Waals surface area (Å²) in [6.07, 6.45) is -0.782. The maximum Gasteiger partial charge on any atom is 0.246 e. The number of nitrogens with one attached hydrogen (secondary N) is 1. The molecule has 0 aliphatic carbocycles. The van der Waals surface area contributed by atoms with Gasteiger partial charge in [-0.25, -0.2) is 21.9 Å². The molecule has 1 atom stereocenters. The van der Waals surface area contributed by atoms with E-state index in [1.807, 2.05) is 10.8 Å². The smallest absolute Gasteiger partial charge is 0.246 e. The first-order chi connectivity index (χ1) is 10.4. The summed E-state index contributed by atoms with van der Waals surface area (Å²) in [5.41, 5.74) is 0.825. The minimum atomic E-state index is -4.37. The highest BCUT2D eigenvalue weighted by Crippen LogP contribution is 2.17. The van der Waals surface area contributed by atoms with Gasteiger partial charge in [0.05, 0.1) is 6.10 Å². The predicted molar refractivity (Wildman–Crippen MR) is 77.7 cm³/mol. The summed E-state index contributed by atoms with van der Waals surface area (Å²) < 4.78 is 52.9. The van der Waals surface area contributed by atoms with Crippen LogP contribution in [0.1, 0.15) is 5.56 Å². The van der Waals surface area contributed by atoms with Crippen molar-refractivity contribution < 1.29 is 22.3 Å². The number of hydrogen-bond acceptors (Lipinski definition) is 3. The third-order valence-corrected chi connectivity index (χ3v) is 4.48. The normalized spacial score (nSPS) is 13.0. The van der Waals surface area contributed by atoms with Crippen molar-refractivity contribution in [1.82, 2.24) is 4.72 Å². The molecule has 0 spiro atoms. The van der Waals surface area contributed by atoms with E-state index in [0.29, 0.717) is 0 Å². The summed E-state index contributed by atoms with van der Waals surface area (Å²) in [6, 6.07) is 11.8. The van der Waals surface area contributed by atoms with E-state index in [2.05, 4.69) is 0 Å². The molecular formula is C15H15F2NO3S. The minimum Gasteiger partial charge on any atom is -0.391 e. The van der Waals surface area contributed by atoms with Gasteiger partial charge in [0.25, 0.3) is 0 Å². The first-order valence-electron chi connectivity index (χ1n) is 6.56. The van der Waals surface area contributed by atoms with E-state index >= 15 is 0 Å². The van der Waals surface area contributed by atoms with Gasteiger partial charge >= 0.3 is 0 Å². The molecule has 0 aliphatic heterocycles. The maximum absolute atomic E-state index is 13.5. The molecule has 2 N–H and O–H groups in total. The maximum atomic E-state index is 13.5. The van der Waals surface area contributed by atoms with Gasteiger partial charge in [0, 0.05) is 6.54 Å². The monoisotopic (exact) mass is 327 g/mol. The Bertz CT molecular complexity index is 715. The van der Waals surface area contributed by atoms with Gasteiger partial charge in [0.1, 0.15) is 11.6 Å². The van der Waals surface area contributed by atoms with Crippen molar-refractivity contribution in [3.63, 3.8) is 0 Å². The number of rotatable bonds is 6. The molecule has 0 bridgehead atoms. The van der Waals surface area contributed by atoms with Gasteiger partial charge in [0.2, 0.25) is 10.0 Å². The van der Waals surface area contributed by atoms with E-state index in [1.165, 1.54) is 0 Å². The van der Waals surface area contributed by atoms with E-state index in [0.717, 1.165) is 23.8 Å². The van der Waals surface area contributed by atoms with Gasteiger partial charge in [-0.15, -0.1) is 0 Å². The Labute approximate surface area is 127 Å². The van der Waals surface area contributed by atoms with Gasteiger partial charge in [0.15, 0.2) is 4.90 Å². The fraction of sp³-hybridized carbons (Fsp3) is 0.200.